The minimum absolute atomic E-state index is 0.0105. The number of nitrogens with one attached hydrogen (secondary N) is 1. The number of benzene rings is 4. The van der Waals surface area contributed by atoms with Crippen molar-refractivity contribution in [3.05, 3.63) is 142 Å². The zero-order valence-corrected chi connectivity index (χ0v) is 51.9. The van der Waals surface area contributed by atoms with Gasteiger partial charge in [0.1, 0.15) is 36.2 Å². The van der Waals surface area contributed by atoms with Crippen molar-refractivity contribution in [3.8, 4) is 57.0 Å². The van der Waals surface area contributed by atoms with Crippen molar-refractivity contribution >= 4 is 40.3 Å². The lowest BCUT2D eigenvalue weighted by atomic mass is 9.84. The van der Waals surface area contributed by atoms with E-state index in [1.807, 2.05) is 5.32 Å². The van der Waals surface area contributed by atoms with E-state index in [1.165, 1.54) is 70.5 Å². The van der Waals surface area contributed by atoms with Crippen molar-refractivity contribution in [2.24, 2.45) is 5.73 Å². The van der Waals surface area contributed by atoms with Crippen molar-refractivity contribution in [2.75, 3.05) is 34.0 Å². The number of esters is 1. The number of fused-ring (bicyclic) bond motifs is 2. The number of rotatable bonds is 22. The number of aromatic nitrogens is 2. The largest absolute Gasteiger partial charge is 0.493 e. The van der Waals surface area contributed by atoms with Crippen LogP contribution < -0.4 is 39.5 Å². The van der Waals surface area contributed by atoms with Crippen LogP contribution in [0, 0.1) is 11.6 Å². The summed E-state index contributed by atoms with van der Waals surface area (Å²) in [6.45, 7) is 2.45. The molecule has 0 spiro atoms. The summed E-state index contributed by atoms with van der Waals surface area (Å²) in [6, 6.07) is 18.8. The summed E-state index contributed by atoms with van der Waals surface area (Å²) in [6.07, 6.45) is -16.8. The molecule has 18 nitrogen and oxygen atoms in total. The van der Waals surface area contributed by atoms with Crippen molar-refractivity contribution in [1.29, 1.82) is 0 Å². The maximum absolute atomic E-state index is 14.8. The Morgan fingerprint density at radius 3 is 1.40 bits per heavy atom. The molecule has 95 heavy (non-hydrogen) atoms. The molecule has 4 heterocycles. The van der Waals surface area contributed by atoms with Crippen LogP contribution >= 0.6 is 11.6 Å². The average Bonchev–Trinajstić information content (AvgIpc) is 1.64. The molecule has 4 aromatic carbocycles. The molecule has 1 amide bonds. The summed E-state index contributed by atoms with van der Waals surface area (Å²) in [5.41, 5.74) is -8.80. The number of ether oxygens (including phenoxy) is 7. The smallest absolute Gasteiger partial charge is 0.422 e. The standard InChI is InChI=1S/C32H29F7N2O6.C29H28F4N2O5.C4H5ClO3/c1-3-26(43)41-29(31(34,35)36)16-46-28-21(29)15-25(40-27(28)17-4-7-19(33)8-5-17)30(44,32(37,38)39)13-12-22(42)18-6-11-23(24(14-18)45-2)47-20-9-10-20;1-27(34)15-39-26-20(27)14-24(35-25(26)16-3-6-18(30)7-4-16)28(37,29(31,32)33)12-11-21(36)17-5-10-22(23(13-17)38-2)40-19-8-9-19;1-3(6)8-2-4(5)7/h4-8,11,14-15,20,44H,3,9-10,12-13,16H2,1-2H3,(H,41,43);3-7,10,13-14,19,37H,8-9,11-12,15,34H2,1-2H3;2H2,1H3/t29-,30-;27-,28-;/m00./s1. The van der Waals surface area contributed by atoms with Gasteiger partial charge in [0.25, 0.3) is 5.24 Å². The molecule has 6 aromatic rings. The van der Waals surface area contributed by atoms with Gasteiger partial charge in [-0.1, -0.05) is 6.92 Å². The summed E-state index contributed by atoms with van der Waals surface area (Å²) in [4.78, 5) is 66.2. The monoisotopic (exact) mass is 1370 g/mol. The Bertz CT molecular complexity index is 3830. The topological polar surface area (TPSA) is 254 Å². The second-order valence-electron chi connectivity index (χ2n) is 22.8. The number of nitrogens with zero attached hydrogens (tertiary/aromatic N) is 2. The number of carbonyl (C=O) groups is 5. The van der Waals surface area contributed by atoms with E-state index < -0.39 is 148 Å². The highest BCUT2D eigenvalue weighted by Crippen LogP contribution is 2.54. The Labute approximate surface area is 540 Å². The quantitative estimate of drug-likeness (QED) is 0.0213. The summed E-state index contributed by atoms with van der Waals surface area (Å²) in [5, 5.41) is 23.6. The second-order valence-corrected chi connectivity index (χ2v) is 23.3. The molecule has 4 atom stereocenters. The molecule has 5 N–H and O–H groups in total. The van der Waals surface area contributed by atoms with Gasteiger partial charge in [0.15, 0.2) is 58.2 Å². The highest BCUT2D eigenvalue weighted by Gasteiger charge is 2.64. The zero-order chi connectivity index (χ0) is 69.8. The minimum atomic E-state index is -5.55. The van der Waals surface area contributed by atoms with Gasteiger partial charge in [0, 0.05) is 59.6 Å². The van der Waals surface area contributed by atoms with Gasteiger partial charge in [-0.25, -0.2) is 18.7 Å². The first kappa shape index (κ1) is 72.2. The van der Waals surface area contributed by atoms with Gasteiger partial charge in [-0.15, -0.1) is 0 Å². The number of alkyl halides is 9. The lowest BCUT2D eigenvalue weighted by Crippen LogP contribution is -2.57. The molecule has 10 rings (SSSR count). The molecule has 2 aliphatic carbocycles. The van der Waals surface area contributed by atoms with E-state index >= 15 is 0 Å². The van der Waals surface area contributed by atoms with Gasteiger partial charge in [0.05, 0.1) is 43.4 Å². The normalized spacial score (nSPS) is 18.4. The molecule has 2 saturated carbocycles. The zero-order valence-electron chi connectivity index (χ0n) is 51.2. The molecule has 510 valence electrons. The first-order chi connectivity index (χ1) is 44.5. The number of halogens is 12. The van der Waals surface area contributed by atoms with Gasteiger partial charge in [-0.3, -0.25) is 24.0 Å². The number of hydrogen-bond donors (Lipinski definition) is 4. The highest BCUT2D eigenvalue weighted by molar-refractivity contribution is 6.64. The van der Waals surface area contributed by atoms with Gasteiger partial charge in [-0.05, 0) is 154 Å². The number of carbonyl (C=O) groups excluding carboxylic acids is 5. The Balaban J connectivity index is 0.000000220. The lowest BCUT2D eigenvalue weighted by Gasteiger charge is -2.34. The van der Waals surface area contributed by atoms with Crippen molar-refractivity contribution in [3.63, 3.8) is 0 Å². The third-order valence-corrected chi connectivity index (χ3v) is 15.7. The Kier molecular flexibility index (Phi) is 21.5. The van der Waals surface area contributed by atoms with Crippen molar-refractivity contribution in [1.82, 2.24) is 15.3 Å². The number of methoxy groups -OCH3 is 2. The molecule has 2 aromatic heterocycles. The van der Waals surface area contributed by atoms with E-state index in [9.17, 15) is 82.5 Å². The number of nitrogens with two attached hydrogens (primary N) is 1. The fourth-order valence-corrected chi connectivity index (χ4v) is 9.95. The van der Waals surface area contributed by atoms with E-state index in [0.29, 0.717) is 17.6 Å². The van der Waals surface area contributed by atoms with Crippen LogP contribution in [0.5, 0.6) is 34.5 Å². The molecule has 2 aliphatic heterocycles. The molecule has 2 fully saturated rings. The molecule has 0 bridgehead atoms. The van der Waals surface area contributed by atoms with Crippen molar-refractivity contribution in [2.45, 2.75) is 132 Å². The summed E-state index contributed by atoms with van der Waals surface area (Å²) < 4.78 is 197. The average molecular weight is 1370 g/mol. The molecule has 0 saturated heterocycles. The fraction of sp³-hybridized carbons (Fsp3) is 0.400. The maximum Gasteiger partial charge on any atom is 0.422 e. The predicted molar refractivity (Wildman–Crippen MR) is 316 cm³/mol. The van der Waals surface area contributed by atoms with Crippen LogP contribution in [0.2, 0.25) is 0 Å². The lowest BCUT2D eigenvalue weighted by molar-refractivity contribution is -0.270. The van der Waals surface area contributed by atoms with Crippen molar-refractivity contribution < 1.29 is 116 Å². The number of hydrogen-bond acceptors (Lipinski definition) is 17. The fourth-order valence-electron chi connectivity index (χ4n) is 9.90. The van der Waals surface area contributed by atoms with Crippen LogP contribution in [0.25, 0.3) is 22.5 Å². The number of pyridine rings is 2. The summed E-state index contributed by atoms with van der Waals surface area (Å²) in [7, 11) is 2.72. The van der Waals surface area contributed by atoms with Gasteiger partial charge >= 0.3 is 24.5 Å². The number of aliphatic hydroxyl groups is 2. The Morgan fingerprint density at radius 1 is 0.632 bits per heavy atom. The molecule has 0 unspecified atom stereocenters. The van der Waals surface area contributed by atoms with Crippen LogP contribution in [0.4, 0.5) is 48.3 Å². The van der Waals surface area contributed by atoms with E-state index in [0.717, 1.165) is 68.1 Å². The molecule has 0 radical (unpaired) electrons. The Hall–Kier alpha value is -8.67. The van der Waals surface area contributed by atoms with Crippen LogP contribution in [0.1, 0.15) is 122 Å². The third kappa shape index (κ3) is 16.4. The number of Topliss-reactive ketones (excluding diaryl/α,β-unsaturated/α-hetero) is 2. The molecular formula is C65H62ClF11N4O14. The van der Waals surface area contributed by atoms with Gasteiger partial charge in [0.2, 0.25) is 17.1 Å². The number of amides is 1. The van der Waals surface area contributed by atoms with Crippen LogP contribution in [-0.4, -0.2) is 114 Å². The molecular weight excluding hydrogens is 1310 g/mol. The summed E-state index contributed by atoms with van der Waals surface area (Å²) in [5.74, 6) is -3.59. The first-order valence-corrected chi connectivity index (χ1v) is 29.6. The van der Waals surface area contributed by atoms with E-state index in [1.54, 1.807) is 13.0 Å². The van der Waals surface area contributed by atoms with Crippen LogP contribution in [0.15, 0.2) is 97.1 Å². The Morgan fingerprint density at radius 2 is 1.04 bits per heavy atom. The second kappa shape index (κ2) is 28.3. The highest BCUT2D eigenvalue weighted by atomic mass is 35.5. The predicted octanol–water partition coefficient (Wildman–Crippen LogP) is 12.3. The number of ketones is 2. The summed E-state index contributed by atoms with van der Waals surface area (Å²) >= 11 is 4.81. The SMILES string of the molecule is CC(=O)OCC(=O)Cl.CCC(=O)N[C@@]1(C(F)(F)F)COc2c1cc([C@@](O)(CCC(=O)c1ccc(OC3CC3)c(OC)c1)C(F)(F)F)nc2-c1ccc(F)cc1.COc1cc(C(=O)CC[C@](O)(c2cc3c(c(-c4ccc(F)cc4)n2)OC[C@]3(C)N)C(F)(F)F)ccc1OC1CC1. The van der Waals surface area contributed by atoms with Crippen LogP contribution in [-0.2, 0) is 41.4 Å². The minimum Gasteiger partial charge on any atom is -0.493 e. The molecule has 4 aliphatic rings. The van der Waals surface area contributed by atoms with E-state index in [-0.39, 0.29) is 76.2 Å². The van der Waals surface area contributed by atoms with Gasteiger partial charge in [-0.2, -0.15) is 39.5 Å². The third-order valence-electron chi connectivity index (χ3n) is 15.6. The molecule has 30 heteroatoms. The van der Waals surface area contributed by atoms with E-state index in [2.05, 4.69) is 14.7 Å². The van der Waals surface area contributed by atoms with Gasteiger partial charge < -0.3 is 54.4 Å². The maximum atomic E-state index is 14.8. The van der Waals surface area contributed by atoms with E-state index in [4.69, 9.17) is 45.8 Å². The van der Waals surface area contributed by atoms with Crippen LogP contribution in [0.3, 0.4) is 0 Å². The first-order valence-electron chi connectivity index (χ1n) is 29.2.